The summed E-state index contributed by atoms with van der Waals surface area (Å²) in [6, 6.07) is 15.4. The smallest absolute Gasteiger partial charge is 0.331 e. The number of hydrogen-bond donors (Lipinski definition) is 1. The number of nitrogens with one attached hydrogen (secondary N) is 1. The number of benzene rings is 2. The number of ketones is 1. The molecule has 0 saturated heterocycles. The molecule has 1 N–H and O–H groups in total. The van der Waals surface area contributed by atoms with Crippen LogP contribution in [-0.2, 0) is 16.0 Å². The maximum Gasteiger partial charge on any atom is 0.331 e. The first kappa shape index (κ1) is 18.6. The molecule has 0 aliphatic rings. The van der Waals surface area contributed by atoms with E-state index in [1.807, 2.05) is 48.5 Å². The summed E-state index contributed by atoms with van der Waals surface area (Å²) in [5, 5.41) is 1.84. The Morgan fingerprint density at radius 2 is 1.93 bits per heavy atom. The van der Waals surface area contributed by atoms with E-state index in [4.69, 9.17) is 4.74 Å². The molecule has 0 bridgehead atoms. The maximum atomic E-state index is 12.5. The minimum Gasteiger partial charge on any atom is -0.454 e. The number of para-hydroxylation sites is 2. The fourth-order valence-electron chi connectivity index (χ4n) is 3.43. The molecule has 5 heteroatoms. The Bertz CT molecular complexity index is 1230. The number of ether oxygens (including phenoxy) is 1. The van der Waals surface area contributed by atoms with Gasteiger partial charge in [-0.3, -0.25) is 9.78 Å². The lowest BCUT2D eigenvalue weighted by molar-refractivity contribution is -0.136. The molecule has 0 aliphatic heterocycles. The van der Waals surface area contributed by atoms with Crippen LogP contribution in [0.25, 0.3) is 27.9 Å². The molecule has 29 heavy (non-hydrogen) atoms. The van der Waals surface area contributed by atoms with Gasteiger partial charge in [-0.25, -0.2) is 4.79 Å². The van der Waals surface area contributed by atoms with E-state index in [1.54, 1.807) is 18.5 Å². The normalized spacial score (nSPS) is 11.3. The van der Waals surface area contributed by atoms with E-state index in [2.05, 4.69) is 16.9 Å². The van der Waals surface area contributed by atoms with Gasteiger partial charge < -0.3 is 9.72 Å². The molecule has 0 fully saturated rings. The van der Waals surface area contributed by atoms with Gasteiger partial charge in [0.2, 0.25) is 5.78 Å². The second-order valence-electron chi connectivity index (χ2n) is 6.68. The molecule has 2 aromatic heterocycles. The van der Waals surface area contributed by atoms with E-state index in [0.29, 0.717) is 5.56 Å². The fraction of sp³-hybridized carbons (Fsp3) is 0.125. The molecule has 0 saturated carbocycles. The van der Waals surface area contributed by atoms with Crippen LogP contribution < -0.4 is 0 Å². The van der Waals surface area contributed by atoms with Crippen molar-refractivity contribution in [3.63, 3.8) is 0 Å². The summed E-state index contributed by atoms with van der Waals surface area (Å²) in [4.78, 5) is 32.1. The van der Waals surface area contributed by atoms with Gasteiger partial charge in [0.15, 0.2) is 6.61 Å². The van der Waals surface area contributed by atoms with Crippen molar-refractivity contribution < 1.29 is 14.3 Å². The van der Waals surface area contributed by atoms with Crippen molar-refractivity contribution in [3.05, 3.63) is 83.7 Å². The van der Waals surface area contributed by atoms with Crippen LogP contribution >= 0.6 is 0 Å². The van der Waals surface area contributed by atoms with Gasteiger partial charge in [0.25, 0.3) is 0 Å². The highest BCUT2D eigenvalue weighted by atomic mass is 16.5. The number of Topliss-reactive ketones (excluding diaryl/α,β-unsaturated/α-hetero) is 1. The van der Waals surface area contributed by atoms with Gasteiger partial charge in [0.05, 0.1) is 5.52 Å². The highest BCUT2D eigenvalue weighted by molar-refractivity contribution is 6.09. The molecule has 0 atom stereocenters. The summed E-state index contributed by atoms with van der Waals surface area (Å²) in [5.74, 6) is -0.807. The Kier molecular flexibility index (Phi) is 5.20. The van der Waals surface area contributed by atoms with Gasteiger partial charge in [-0.2, -0.15) is 0 Å². The first-order chi connectivity index (χ1) is 14.2. The van der Waals surface area contributed by atoms with Gasteiger partial charge in [0, 0.05) is 45.9 Å². The van der Waals surface area contributed by atoms with Crippen LogP contribution in [0.15, 0.2) is 67.0 Å². The fourth-order valence-corrected chi connectivity index (χ4v) is 3.43. The molecule has 4 rings (SSSR count). The van der Waals surface area contributed by atoms with Crippen molar-refractivity contribution >= 4 is 39.6 Å². The number of fused-ring (bicyclic) bond motifs is 2. The summed E-state index contributed by atoms with van der Waals surface area (Å²) >= 11 is 0. The third-order valence-corrected chi connectivity index (χ3v) is 4.89. The number of H-pyrrole nitrogens is 1. The summed E-state index contributed by atoms with van der Waals surface area (Å²) in [5.41, 5.74) is 4.25. The predicted octanol–water partition coefficient (Wildman–Crippen LogP) is 4.72. The Labute approximate surface area is 168 Å². The number of nitrogens with zero attached hydrogens (tertiary/aromatic N) is 1. The maximum absolute atomic E-state index is 12.5. The Morgan fingerprint density at radius 1 is 1.10 bits per heavy atom. The lowest BCUT2D eigenvalue weighted by Crippen LogP contribution is -2.12. The SMILES string of the molecule is CCc1cccc2c(C(=O)COC(=O)/C=C/c3cccc4cccnc34)c[nH]c12. The monoisotopic (exact) mass is 384 g/mol. The molecular formula is C24H20N2O3. The summed E-state index contributed by atoms with van der Waals surface area (Å²) in [7, 11) is 0. The molecule has 0 amide bonds. The molecule has 0 spiro atoms. The number of esters is 1. The average Bonchev–Trinajstić information content (AvgIpc) is 3.20. The predicted molar refractivity (Wildman–Crippen MR) is 114 cm³/mol. The van der Waals surface area contributed by atoms with Crippen molar-refractivity contribution in [1.29, 1.82) is 0 Å². The number of rotatable bonds is 6. The van der Waals surface area contributed by atoms with Gasteiger partial charge in [-0.15, -0.1) is 0 Å². The van der Waals surface area contributed by atoms with E-state index in [1.165, 1.54) is 6.08 Å². The summed E-state index contributed by atoms with van der Waals surface area (Å²) < 4.78 is 5.16. The second kappa shape index (κ2) is 8.10. The minimum atomic E-state index is -0.569. The van der Waals surface area contributed by atoms with Crippen LogP contribution in [0.3, 0.4) is 0 Å². The number of aryl methyl sites for hydroxylation is 1. The molecule has 2 heterocycles. The van der Waals surface area contributed by atoms with Gasteiger partial charge in [0.1, 0.15) is 0 Å². The number of pyridine rings is 1. The van der Waals surface area contributed by atoms with Gasteiger partial charge in [-0.05, 0) is 24.1 Å². The van der Waals surface area contributed by atoms with Crippen molar-refractivity contribution in [2.45, 2.75) is 13.3 Å². The molecular weight excluding hydrogens is 364 g/mol. The number of carbonyl (C=O) groups is 2. The molecule has 0 radical (unpaired) electrons. The van der Waals surface area contributed by atoms with E-state index in [-0.39, 0.29) is 12.4 Å². The highest BCUT2D eigenvalue weighted by Crippen LogP contribution is 2.23. The molecule has 2 aromatic carbocycles. The average molecular weight is 384 g/mol. The largest absolute Gasteiger partial charge is 0.454 e. The zero-order chi connectivity index (χ0) is 20.2. The summed E-state index contributed by atoms with van der Waals surface area (Å²) in [6.07, 6.45) is 7.23. The number of aromatic amines is 1. The lowest BCUT2D eigenvalue weighted by atomic mass is 10.1. The zero-order valence-electron chi connectivity index (χ0n) is 16.0. The van der Waals surface area contributed by atoms with E-state index < -0.39 is 5.97 Å². The van der Waals surface area contributed by atoms with E-state index in [9.17, 15) is 9.59 Å². The van der Waals surface area contributed by atoms with E-state index in [0.717, 1.165) is 39.4 Å². The van der Waals surface area contributed by atoms with Crippen LogP contribution in [0.2, 0.25) is 0 Å². The molecule has 0 unspecified atom stereocenters. The molecule has 0 aliphatic carbocycles. The lowest BCUT2D eigenvalue weighted by Gasteiger charge is -2.03. The van der Waals surface area contributed by atoms with Gasteiger partial charge in [-0.1, -0.05) is 49.4 Å². The van der Waals surface area contributed by atoms with Crippen LogP contribution in [-0.4, -0.2) is 28.3 Å². The van der Waals surface area contributed by atoms with Crippen molar-refractivity contribution in [1.82, 2.24) is 9.97 Å². The second-order valence-corrected chi connectivity index (χ2v) is 6.68. The first-order valence-corrected chi connectivity index (χ1v) is 9.48. The van der Waals surface area contributed by atoms with Crippen LogP contribution in [0.4, 0.5) is 0 Å². The number of aromatic nitrogens is 2. The standard InChI is InChI=1S/C24H20N2O3/c1-2-16-6-4-10-19-20(14-26-24(16)19)21(27)15-29-22(28)12-11-18-8-3-7-17-9-5-13-25-23(17)18/h3-14,26H,2,15H2,1H3/b12-11+. The van der Waals surface area contributed by atoms with Crippen molar-refractivity contribution in [2.24, 2.45) is 0 Å². The zero-order valence-corrected chi connectivity index (χ0v) is 16.0. The van der Waals surface area contributed by atoms with Crippen LogP contribution in [0, 0.1) is 0 Å². The van der Waals surface area contributed by atoms with E-state index >= 15 is 0 Å². The third kappa shape index (κ3) is 3.80. The topological polar surface area (TPSA) is 72.1 Å². The Hall–Kier alpha value is -3.73. The minimum absolute atomic E-state index is 0.238. The Morgan fingerprint density at radius 3 is 2.79 bits per heavy atom. The summed E-state index contributed by atoms with van der Waals surface area (Å²) in [6.45, 7) is 1.76. The van der Waals surface area contributed by atoms with Gasteiger partial charge >= 0.3 is 5.97 Å². The van der Waals surface area contributed by atoms with Crippen molar-refractivity contribution in [2.75, 3.05) is 6.61 Å². The first-order valence-electron chi connectivity index (χ1n) is 9.48. The molecule has 5 nitrogen and oxygen atoms in total. The third-order valence-electron chi connectivity index (χ3n) is 4.89. The highest BCUT2D eigenvalue weighted by Gasteiger charge is 2.15. The molecule has 144 valence electrons. The van der Waals surface area contributed by atoms with Crippen LogP contribution in [0.1, 0.15) is 28.4 Å². The van der Waals surface area contributed by atoms with Crippen LogP contribution in [0.5, 0.6) is 0 Å². The molecule has 4 aromatic rings. The number of carbonyl (C=O) groups excluding carboxylic acids is 2. The number of hydrogen-bond acceptors (Lipinski definition) is 4. The quantitative estimate of drug-likeness (QED) is 0.297. The Balaban J connectivity index is 1.44. The van der Waals surface area contributed by atoms with Crippen molar-refractivity contribution in [3.8, 4) is 0 Å².